The normalized spacial score (nSPS) is 11.7. The van der Waals surface area contributed by atoms with E-state index in [1.807, 2.05) is 24.3 Å². The highest BCUT2D eigenvalue weighted by atomic mass is 16.5. The first-order valence-electron chi connectivity index (χ1n) is 8.17. The summed E-state index contributed by atoms with van der Waals surface area (Å²) in [5.74, 6) is 0.336. The Morgan fingerprint density at radius 3 is 2.20 bits per heavy atom. The Morgan fingerprint density at radius 1 is 0.960 bits per heavy atom. The Bertz CT molecular complexity index is 738. The average molecular weight is 341 g/mol. The zero-order valence-electron chi connectivity index (χ0n) is 14.9. The quantitative estimate of drug-likeness (QED) is 0.807. The summed E-state index contributed by atoms with van der Waals surface area (Å²) in [6.07, 6.45) is -0.653. The van der Waals surface area contributed by atoms with E-state index in [-0.39, 0.29) is 5.91 Å². The topological polar surface area (TPSA) is 64.6 Å². The number of esters is 1. The molecule has 2 aromatic carbocycles. The highest BCUT2D eigenvalue weighted by Gasteiger charge is 2.17. The summed E-state index contributed by atoms with van der Waals surface area (Å²) in [5.41, 5.74) is 2.07. The Hall–Kier alpha value is -2.82. The van der Waals surface area contributed by atoms with Crippen LogP contribution in [-0.4, -0.2) is 25.1 Å². The van der Waals surface area contributed by atoms with Gasteiger partial charge in [-0.3, -0.25) is 4.79 Å². The summed E-state index contributed by atoms with van der Waals surface area (Å²) >= 11 is 0. The molecule has 0 aromatic heterocycles. The van der Waals surface area contributed by atoms with Gasteiger partial charge in [0.25, 0.3) is 5.91 Å². The third kappa shape index (κ3) is 4.83. The van der Waals surface area contributed by atoms with Gasteiger partial charge in [-0.15, -0.1) is 0 Å². The number of carbonyl (C=O) groups is 2. The molecule has 0 unspecified atom stereocenters. The smallest absolute Gasteiger partial charge is 0.337 e. The second kappa shape index (κ2) is 8.33. The monoisotopic (exact) mass is 341 g/mol. The molecule has 0 fully saturated rings. The molecule has 1 atom stereocenters. The molecule has 25 heavy (non-hydrogen) atoms. The molecule has 0 aliphatic heterocycles. The lowest BCUT2D eigenvalue weighted by molar-refractivity contribution is -0.122. The molecule has 0 radical (unpaired) electrons. The van der Waals surface area contributed by atoms with Gasteiger partial charge in [0, 0.05) is 5.69 Å². The zero-order chi connectivity index (χ0) is 18.4. The number of amides is 1. The number of carbonyl (C=O) groups excluding carboxylic acids is 2. The van der Waals surface area contributed by atoms with E-state index < -0.39 is 12.1 Å². The van der Waals surface area contributed by atoms with Crippen LogP contribution in [0.3, 0.4) is 0 Å². The minimum atomic E-state index is -0.653. The van der Waals surface area contributed by atoms with Crippen molar-refractivity contribution in [2.75, 3.05) is 12.4 Å². The zero-order valence-corrected chi connectivity index (χ0v) is 14.9. The van der Waals surface area contributed by atoms with Crippen LogP contribution in [-0.2, 0) is 9.53 Å². The molecule has 1 amide bonds. The number of hydrogen-bond acceptors (Lipinski definition) is 4. The summed E-state index contributed by atoms with van der Waals surface area (Å²) in [6.45, 7) is 5.86. The molecule has 2 rings (SSSR count). The predicted octanol–water partition coefficient (Wildman–Crippen LogP) is 4.00. The maximum atomic E-state index is 12.3. The van der Waals surface area contributed by atoms with Crippen molar-refractivity contribution in [2.45, 2.75) is 32.8 Å². The number of hydrogen-bond donors (Lipinski definition) is 1. The first-order chi connectivity index (χ1) is 11.9. The van der Waals surface area contributed by atoms with Crippen molar-refractivity contribution >= 4 is 17.6 Å². The molecule has 0 saturated heterocycles. The predicted molar refractivity (Wildman–Crippen MR) is 97.0 cm³/mol. The van der Waals surface area contributed by atoms with Crippen molar-refractivity contribution in [1.82, 2.24) is 0 Å². The van der Waals surface area contributed by atoms with Crippen molar-refractivity contribution in [3.63, 3.8) is 0 Å². The fraction of sp³-hybridized carbons (Fsp3) is 0.300. The molecule has 0 aliphatic rings. The van der Waals surface area contributed by atoms with Gasteiger partial charge in [-0.1, -0.05) is 32.0 Å². The van der Waals surface area contributed by atoms with Crippen LogP contribution in [0.1, 0.15) is 42.6 Å². The lowest BCUT2D eigenvalue weighted by atomic mass is 10.0. The maximum absolute atomic E-state index is 12.3. The Balaban J connectivity index is 2.02. The largest absolute Gasteiger partial charge is 0.481 e. The maximum Gasteiger partial charge on any atom is 0.337 e. The van der Waals surface area contributed by atoms with Crippen LogP contribution in [0.25, 0.3) is 0 Å². The molecule has 2 aromatic rings. The highest BCUT2D eigenvalue weighted by Crippen LogP contribution is 2.26. The van der Waals surface area contributed by atoms with E-state index in [2.05, 4.69) is 23.9 Å². The Labute approximate surface area is 148 Å². The van der Waals surface area contributed by atoms with Crippen molar-refractivity contribution in [3.05, 3.63) is 59.7 Å². The molecule has 0 spiro atoms. The van der Waals surface area contributed by atoms with Crippen molar-refractivity contribution in [3.8, 4) is 5.75 Å². The van der Waals surface area contributed by atoms with Crippen molar-refractivity contribution < 1.29 is 19.1 Å². The Morgan fingerprint density at radius 2 is 1.60 bits per heavy atom. The first kappa shape index (κ1) is 18.5. The van der Waals surface area contributed by atoms with Crippen LogP contribution in [0.5, 0.6) is 5.75 Å². The van der Waals surface area contributed by atoms with Crippen molar-refractivity contribution in [1.29, 1.82) is 0 Å². The van der Waals surface area contributed by atoms with Crippen LogP contribution in [0, 0.1) is 0 Å². The van der Waals surface area contributed by atoms with E-state index in [0.717, 1.165) is 5.56 Å². The number of rotatable bonds is 6. The SMILES string of the molecule is COC(=O)c1ccc(NC(=O)[C@H](C)Oc2ccccc2C(C)C)cc1. The van der Waals surface area contributed by atoms with Gasteiger partial charge in [-0.05, 0) is 48.7 Å². The molecule has 5 nitrogen and oxygen atoms in total. The third-order valence-electron chi connectivity index (χ3n) is 3.79. The fourth-order valence-corrected chi connectivity index (χ4v) is 2.36. The van der Waals surface area contributed by atoms with Crippen LogP contribution in [0.2, 0.25) is 0 Å². The van der Waals surface area contributed by atoms with Gasteiger partial charge in [-0.25, -0.2) is 4.79 Å². The van der Waals surface area contributed by atoms with Gasteiger partial charge in [0.2, 0.25) is 0 Å². The molecular formula is C20H23NO4. The molecule has 0 heterocycles. The van der Waals surface area contributed by atoms with E-state index in [0.29, 0.717) is 22.9 Å². The summed E-state index contributed by atoms with van der Waals surface area (Å²) < 4.78 is 10.5. The van der Waals surface area contributed by atoms with E-state index in [1.165, 1.54) is 7.11 Å². The lowest BCUT2D eigenvalue weighted by Crippen LogP contribution is -2.30. The number of nitrogens with one attached hydrogen (secondary N) is 1. The van der Waals surface area contributed by atoms with Gasteiger partial charge >= 0.3 is 5.97 Å². The van der Waals surface area contributed by atoms with Crippen molar-refractivity contribution in [2.24, 2.45) is 0 Å². The molecule has 0 bridgehead atoms. The summed E-state index contributed by atoms with van der Waals surface area (Å²) in [5, 5.41) is 2.78. The number of para-hydroxylation sites is 1. The lowest BCUT2D eigenvalue weighted by Gasteiger charge is -2.18. The fourth-order valence-electron chi connectivity index (χ4n) is 2.36. The second-order valence-electron chi connectivity index (χ2n) is 6.01. The molecule has 1 N–H and O–H groups in total. The highest BCUT2D eigenvalue weighted by molar-refractivity contribution is 5.95. The Kier molecular flexibility index (Phi) is 6.17. The minimum absolute atomic E-state index is 0.260. The van der Waals surface area contributed by atoms with E-state index in [1.54, 1.807) is 31.2 Å². The van der Waals surface area contributed by atoms with E-state index >= 15 is 0 Å². The summed E-state index contributed by atoms with van der Waals surface area (Å²) in [6, 6.07) is 14.2. The molecular weight excluding hydrogens is 318 g/mol. The number of anilines is 1. The van der Waals surface area contributed by atoms with Gasteiger partial charge in [0.1, 0.15) is 5.75 Å². The second-order valence-corrected chi connectivity index (χ2v) is 6.01. The standard InChI is InChI=1S/C20H23NO4/c1-13(2)17-7-5-6-8-18(17)25-14(3)19(22)21-16-11-9-15(10-12-16)20(23)24-4/h5-14H,1-4H3,(H,21,22)/t14-/m0/s1. The van der Waals surface area contributed by atoms with Gasteiger partial charge in [-0.2, -0.15) is 0 Å². The van der Waals surface area contributed by atoms with E-state index in [9.17, 15) is 9.59 Å². The third-order valence-corrected chi connectivity index (χ3v) is 3.79. The van der Waals surface area contributed by atoms with E-state index in [4.69, 9.17) is 4.74 Å². The molecule has 0 aliphatic carbocycles. The average Bonchev–Trinajstić information content (AvgIpc) is 2.61. The summed E-state index contributed by atoms with van der Waals surface area (Å²) in [7, 11) is 1.33. The van der Waals surface area contributed by atoms with Crippen LogP contribution in [0.15, 0.2) is 48.5 Å². The van der Waals surface area contributed by atoms with Gasteiger partial charge < -0.3 is 14.8 Å². The van der Waals surface area contributed by atoms with Crippen LogP contribution < -0.4 is 10.1 Å². The molecule has 0 saturated carbocycles. The van der Waals surface area contributed by atoms with Gasteiger partial charge in [0.05, 0.1) is 12.7 Å². The number of benzene rings is 2. The number of ether oxygens (including phenoxy) is 2. The number of methoxy groups -OCH3 is 1. The molecule has 5 heteroatoms. The van der Waals surface area contributed by atoms with Gasteiger partial charge in [0.15, 0.2) is 6.10 Å². The molecule has 132 valence electrons. The summed E-state index contributed by atoms with van der Waals surface area (Å²) in [4.78, 5) is 23.8. The first-order valence-corrected chi connectivity index (χ1v) is 8.17. The minimum Gasteiger partial charge on any atom is -0.481 e. The van der Waals surface area contributed by atoms with Crippen LogP contribution >= 0.6 is 0 Å². The van der Waals surface area contributed by atoms with Crippen LogP contribution in [0.4, 0.5) is 5.69 Å².